The Bertz CT molecular complexity index is 635. The fourth-order valence-corrected chi connectivity index (χ4v) is 3.39. The lowest BCUT2D eigenvalue weighted by Gasteiger charge is -2.38. The van der Waals surface area contributed by atoms with Crippen LogP contribution in [-0.2, 0) is 4.74 Å². The third-order valence-corrected chi connectivity index (χ3v) is 4.22. The van der Waals surface area contributed by atoms with Gasteiger partial charge >= 0.3 is 6.09 Å². The number of hydrogen-bond donors (Lipinski definition) is 0. The molecule has 0 N–H and O–H groups in total. The van der Waals surface area contributed by atoms with Gasteiger partial charge in [0.1, 0.15) is 11.4 Å². The molecule has 0 bridgehead atoms. The first-order chi connectivity index (χ1) is 10.3. The summed E-state index contributed by atoms with van der Waals surface area (Å²) in [5, 5.41) is 0. The number of fused-ring (bicyclic) bond motifs is 2. The number of anilines is 1. The lowest BCUT2D eigenvalue weighted by Crippen LogP contribution is -2.50. The molecule has 0 spiro atoms. The van der Waals surface area contributed by atoms with Crippen molar-refractivity contribution in [2.24, 2.45) is 5.92 Å². The topological polar surface area (TPSA) is 46.6 Å². The number of halogens is 1. The Morgan fingerprint density at radius 2 is 2.05 bits per heavy atom. The third kappa shape index (κ3) is 2.49. The van der Waals surface area contributed by atoms with Crippen molar-refractivity contribution in [1.29, 1.82) is 0 Å². The molecule has 2 unspecified atom stereocenters. The van der Waals surface area contributed by atoms with Gasteiger partial charge in [0.15, 0.2) is 5.78 Å². The first-order valence-corrected chi connectivity index (χ1v) is 7.64. The van der Waals surface area contributed by atoms with Crippen LogP contribution in [0.5, 0.6) is 0 Å². The lowest BCUT2D eigenvalue weighted by atomic mass is 9.86. The maximum atomic E-state index is 13.5. The summed E-state index contributed by atoms with van der Waals surface area (Å²) in [6.07, 6.45) is 1.92. The number of Topliss-reactive ketones (excluding diaryl/α,β-unsaturated/α-hetero) is 1. The second-order valence-electron chi connectivity index (χ2n) is 6.98. The van der Waals surface area contributed by atoms with Crippen LogP contribution in [0.3, 0.4) is 0 Å². The van der Waals surface area contributed by atoms with Crippen molar-refractivity contribution < 1.29 is 18.7 Å². The molecule has 1 amide bonds. The summed E-state index contributed by atoms with van der Waals surface area (Å²) in [6, 6.07) is 3.82. The Labute approximate surface area is 129 Å². The van der Waals surface area contributed by atoms with Crippen LogP contribution in [0.15, 0.2) is 18.2 Å². The van der Waals surface area contributed by atoms with Gasteiger partial charge in [-0.05, 0) is 51.8 Å². The van der Waals surface area contributed by atoms with E-state index in [4.69, 9.17) is 4.74 Å². The van der Waals surface area contributed by atoms with Crippen molar-refractivity contribution in [3.05, 3.63) is 29.6 Å². The van der Waals surface area contributed by atoms with E-state index in [1.54, 1.807) is 25.7 Å². The van der Waals surface area contributed by atoms with Gasteiger partial charge in [-0.1, -0.05) is 6.42 Å². The number of nitrogens with zero attached hydrogens (tertiary/aromatic N) is 1. The minimum Gasteiger partial charge on any atom is -0.443 e. The molecule has 3 rings (SSSR count). The predicted molar refractivity (Wildman–Crippen MR) is 80.6 cm³/mol. The second-order valence-corrected chi connectivity index (χ2v) is 6.98. The van der Waals surface area contributed by atoms with E-state index in [-0.39, 0.29) is 23.3 Å². The molecular weight excluding hydrogens is 285 g/mol. The summed E-state index contributed by atoms with van der Waals surface area (Å²) < 4.78 is 19.0. The summed E-state index contributed by atoms with van der Waals surface area (Å²) in [6.45, 7) is 5.41. The van der Waals surface area contributed by atoms with E-state index in [1.807, 2.05) is 0 Å². The van der Waals surface area contributed by atoms with Crippen molar-refractivity contribution in [2.45, 2.75) is 51.7 Å². The molecule has 1 aliphatic heterocycles. The number of ketones is 1. The van der Waals surface area contributed by atoms with Crippen molar-refractivity contribution >= 4 is 17.6 Å². The van der Waals surface area contributed by atoms with E-state index in [0.29, 0.717) is 5.69 Å². The van der Waals surface area contributed by atoms with E-state index in [2.05, 4.69) is 0 Å². The molecule has 0 radical (unpaired) electrons. The van der Waals surface area contributed by atoms with Crippen LogP contribution in [0.1, 0.15) is 50.4 Å². The number of amides is 1. The Morgan fingerprint density at radius 1 is 1.32 bits per heavy atom. The van der Waals surface area contributed by atoms with Gasteiger partial charge in [0.05, 0.1) is 11.7 Å². The van der Waals surface area contributed by atoms with E-state index < -0.39 is 17.5 Å². The molecule has 22 heavy (non-hydrogen) atoms. The largest absolute Gasteiger partial charge is 0.443 e. The minimum atomic E-state index is -0.618. The van der Waals surface area contributed by atoms with Gasteiger partial charge < -0.3 is 4.74 Å². The molecule has 2 atom stereocenters. The fraction of sp³-hybridized carbons (Fsp3) is 0.529. The number of benzene rings is 1. The molecule has 1 heterocycles. The molecule has 5 heteroatoms. The molecule has 1 saturated carbocycles. The van der Waals surface area contributed by atoms with Gasteiger partial charge in [-0.15, -0.1) is 0 Å². The molecule has 1 aromatic carbocycles. The van der Waals surface area contributed by atoms with Gasteiger partial charge in [-0.2, -0.15) is 0 Å². The SMILES string of the molecule is CC(C)(C)OC(=O)N1c2ccc(F)cc2C(=O)C2CCCC21. The van der Waals surface area contributed by atoms with Gasteiger partial charge in [0.25, 0.3) is 0 Å². The van der Waals surface area contributed by atoms with Crippen molar-refractivity contribution in [1.82, 2.24) is 0 Å². The molecule has 1 aliphatic carbocycles. The van der Waals surface area contributed by atoms with Crippen LogP contribution in [0.25, 0.3) is 0 Å². The maximum absolute atomic E-state index is 13.5. The number of hydrogen-bond acceptors (Lipinski definition) is 3. The Kier molecular flexibility index (Phi) is 3.46. The van der Waals surface area contributed by atoms with Crippen molar-refractivity contribution in [3.8, 4) is 0 Å². The van der Waals surface area contributed by atoms with Gasteiger partial charge in [0, 0.05) is 11.5 Å². The highest BCUT2D eigenvalue weighted by Crippen LogP contribution is 2.42. The number of carbonyl (C=O) groups is 2. The first kappa shape index (κ1) is 15.0. The summed E-state index contributed by atoms with van der Waals surface area (Å²) >= 11 is 0. The standard InChI is InChI=1S/C17H20FNO3/c1-17(2,3)22-16(21)19-13-6-4-5-11(13)15(20)12-9-10(18)7-8-14(12)19/h7-9,11,13H,4-6H2,1-3H3. The molecule has 2 aliphatic rings. The quantitative estimate of drug-likeness (QED) is 0.729. The third-order valence-electron chi connectivity index (χ3n) is 4.22. The molecule has 0 aromatic heterocycles. The fourth-order valence-electron chi connectivity index (χ4n) is 3.39. The smallest absolute Gasteiger partial charge is 0.415 e. The molecule has 0 saturated heterocycles. The average Bonchev–Trinajstić information content (AvgIpc) is 2.87. The summed E-state index contributed by atoms with van der Waals surface area (Å²) in [4.78, 5) is 26.7. The monoisotopic (exact) mass is 305 g/mol. The first-order valence-electron chi connectivity index (χ1n) is 7.64. The highest BCUT2D eigenvalue weighted by atomic mass is 19.1. The van der Waals surface area contributed by atoms with Crippen LogP contribution in [0.2, 0.25) is 0 Å². The zero-order chi connectivity index (χ0) is 16.1. The summed E-state index contributed by atoms with van der Waals surface area (Å²) in [7, 11) is 0. The predicted octanol–water partition coefficient (Wildman–Crippen LogP) is 3.93. The van der Waals surface area contributed by atoms with Crippen LogP contribution in [0.4, 0.5) is 14.9 Å². The van der Waals surface area contributed by atoms with Gasteiger partial charge in [-0.3, -0.25) is 9.69 Å². The van der Waals surface area contributed by atoms with Crippen molar-refractivity contribution in [2.75, 3.05) is 4.90 Å². The molecule has 1 fully saturated rings. The van der Waals surface area contributed by atoms with E-state index in [0.717, 1.165) is 19.3 Å². The molecule has 118 valence electrons. The second kappa shape index (κ2) is 5.07. The zero-order valence-corrected chi connectivity index (χ0v) is 13.1. The Balaban J connectivity index is 2.06. The molecule has 1 aromatic rings. The number of carbonyl (C=O) groups excluding carboxylic acids is 2. The highest BCUT2D eigenvalue weighted by Gasteiger charge is 2.46. The van der Waals surface area contributed by atoms with E-state index in [9.17, 15) is 14.0 Å². The summed E-state index contributed by atoms with van der Waals surface area (Å²) in [5.74, 6) is -0.772. The number of rotatable bonds is 0. The minimum absolute atomic E-state index is 0.0585. The summed E-state index contributed by atoms with van der Waals surface area (Å²) in [5.41, 5.74) is 0.130. The Morgan fingerprint density at radius 3 is 2.73 bits per heavy atom. The van der Waals surface area contributed by atoms with Gasteiger partial charge in [-0.25, -0.2) is 9.18 Å². The molecule has 4 nitrogen and oxygen atoms in total. The maximum Gasteiger partial charge on any atom is 0.415 e. The normalized spacial score (nSPS) is 24.0. The van der Waals surface area contributed by atoms with Crippen molar-refractivity contribution in [3.63, 3.8) is 0 Å². The van der Waals surface area contributed by atoms with E-state index >= 15 is 0 Å². The number of ether oxygens (including phenoxy) is 1. The Hall–Kier alpha value is -1.91. The van der Waals surface area contributed by atoms with Gasteiger partial charge in [0.2, 0.25) is 0 Å². The van der Waals surface area contributed by atoms with Crippen LogP contribution < -0.4 is 4.90 Å². The zero-order valence-electron chi connectivity index (χ0n) is 13.1. The van der Waals surface area contributed by atoms with E-state index in [1.165, 1.54) is 18.2 Å². The average molecular weight is 305 g/mol. The van der Waals surface area contributed by atoms with Crippen LogP contribution in [0, 0.1) is 11.7 Å². The van der Waals surface area contributed by atoms with Crippen LogP contribution in [-0.4, -0.2) is 23.5 Å². The molecular formula is C17H20FNO3. The lowest BCUT2D eigenvalue weighted by molar-refractivity contribution is 0.0550. The van der Waals surface area contributed by atoms with Crippen LogP contribution >= 0.6 is 0 Å². The highest BCUT2D eigenvalue weighted by molar-refractivity contribution is 6.09.